The second-order valence-corrected chi connectivity index (χ2v) is 4.14. The summed E-state index contributed by atoms with van der Waals surface area (Å²) in [7, 11) is 0. The van der Waals surface area contributed by atoms with Crippen LogP contribution in [0.2, 0.25) is 0 Å². The highest BCUT2D eigenvalue weighted by atomic mass is 16.5. The standard InChI is InChI=1S/C13H22N2O/c1-3-5-12(2)10-15-8-9-16-13-6-4-7-14-11-13/h4,6-7,11-12,15H,3,5,8-10H2,1-2H3. The molecule has 1 aromatic heterocycles. The third kappa shape index (κ3) is 5.71. The van der Waals surface area contributed by atoms with E-state index in [1.807, 2.05) is 12.1 Å². The van der Waals surface area contributed by atoms with Crippen LogP contribution in [0.15, 0.2) is 24.5 Å². The first-order valence-electron chi connectivity index (χ1n) is 6.06. The van der Waals surface area contributed by atoms with Crippen LogP contribution in [-0.2, 0) is 0 Å². The zero-order valence-electron chi connectivity index (χ0n) is 10.3. The molecule has 0 bridgehead atoms. The number of hydrogen-bond acceptors (Lipinski definition) is 3. The first-order valence-corrected chi connectivity index (χ1v) is 6.06. The smallest absolute Gasteiger partial charge is 0.137 e. The first-order chi connectivity index (χ1) is 7.83. The van der Waals surface area contributed by atoms with Crippen molar-refractivity contribution in [2.45, 2.75) is 26.7 Å². The van der Waals surface area contributed by atoms with Crippen molar-refractivity contribution in [3.8, 4) is 5.75 Å². The van der Waals surface area contributed by atoms with E-state index in [2.05, 4.69) is 24.1 Å². The van der Waals surface area contributed by atoms with E-state index in [9.17, 15) is 0 Å². The summed E-state index contributed by atoms with van der Waals surface area (Å²) < 4.78 is 5.52. The van der Waals surface area contributed by atoms with Gasteiger partial charge in [-0.1, -0.05) is 20.3 Å². The van der Waals surface area contributed by atoms with Crippen LogP contribution in [0.5, 0.6) is 5.75 Å². The van der Waals surface area contributed by atoms with Crippen molar-refractivity contribution in [2.75, 3.05) is 19.7 Å². The molecule has 0 saturated carbocycles. The Hall–Kier alpha value is -1.09. The molecule has 1 rings (SSSR count). The quantitative estimate of drug-likeness (QED) is 0.686. The molecule has 0 amide bonds. The number of hydrogen-bond donors (Lipinski definition) is 1. The molecule has 0 fully saturated rings. The molecule has 3 nitrogen and oxygen atoms in total. The Balaban J connectivity index is 2.00. The fourth-order valence-electron chi connectivity index (χ4n) is 1.62. The van der Waals surface area contributed by atoms with Gasteiger partial charge in [-0.2, -0.15) is 0 Å². The molecule has 0 radical (unpaired) electrons. The molecule has 1 atom stereocenters. The molecule has 0 spiro atoms. The Kier molecular flexibility index (Phi) is 6.58. The van der Waals surface area contributed by atoms with Crippen LogP contribution in [-0.4, -0.2) is 24.7 Å². The van der Waals surface area contributed by atoms with Gasteiger partial charge in [-0.3, -0.25) is 4.98 Å². The normalized spacial score (nSPS) is 12.4. The number of nitrogens with one attached hydrogen (secondary N) is 1. The van der Waals surface area contributed by atoms with Gasteiger partial charge >= 0.3 is 0 Å². The van der Waals surface area contributed by atoms with Gasteiger partial charge < -0.3 is 10.1 Å². The average Bonchev–Trinajstić information content (AvgIpc) is 2.30. The molecular weight excluding hydrogens is 200 g/mol. The van der Waals surface area contributed by atoms with E-state index in [-0.39, 0.29) is 0 Å². The summed E-state index contributed by atoms with van der Waals surface area (Å²) >= 11 is 0. The van der Waals surface area contributed by atoms with Gasteiger partial charge in [0.2, 0.25) is 0 Å². The summed E-state index contributed by atoms with van der Waals surface area (Å²) in [6, 6.07) is 3.80. The minimum Gasteiger partial charge on any atom is -0.491 e. The number of ether oxygens (including phenoxy) is 1. The van der Waals surface area contributed by atoms with Crippen LogP contribution in [0.25, 0.3) is 0 Å². The molecule has 0 aromatic carbocycles. The molecule has 90 valence electrons. The van der Waals surface area contributed by atoms with E-state index in [0.717, 1.165) is 24.8 Å². The van der Waals surface area contributed by atoms with Crippen LogP contribution in [0, 0.1) is 5.92 Å². The second-order valence-electron chi connectivity index (χ2n) is 4.14. The molecule has 0 aliphatic heterocycles. The fourth-order valence-corrected chi connectivity index (χ4v) is 1.62. The van der Waals surface area contributed by atoms with Gasteiger partial charge in [-0.05, 0) is 31.0 Å². The molecule has 0 saturated heterocycles. The summed E-state index contributed by atoms with van der Waals surface area (Å²) in [4.78, 5) is 3.99. The molecule has 0 aliphatic rings. The lowest BCUT2D eigenvalue weighted by Gasteiger charge is -2.11. The Labute approximate surface area is 98.2 Å². The number of rotatable bonds is 8. The highest BCUT2D eigenvalue weighted by Gasteiger charge is 1.99. The van der Waals surface area contributed by atoms with Crippen LogP contribution < -0.4 is 10.1 Å². The number of nitrogens with zero attached hydrogens (tertiary/aromatic N) is 1. The summed E-state index contributed by atoms with van der Waals surface area (Å²) in [5.41, 5.74) is 0. The van der Waals surface area contributed by atoms with Gasteiger partial charge in [-0.25, -0.2) is 0 Å². The van der Waals surface area contributed by atoms with Gasteiger partial charge in [-0.15, -0.1) is 0 Å². The molecule has 16 heavy (non-hydrogen) atoms. The molecule has 0 aliphatic carbocycles. The second kappa shape index (κ2) is 8.11. The largest absolute Gasteiger partial charge is 0.491 e. The van der Waals surface area contributed by atoms with Gasteiger partial charge in [0.25, 0.3) is 0 Å². The third-order valence-electron chi connectivity index (χ3n) is 2.46. The van der Waals surface area contributed by atoms with Crippen molar-refractivity contribution in [1.82, 2.24) is 10.3 Å². The van der Waals surface area contributed by atoms with E-state index in [1.54, 1.807) is 12.4 Å². The molecular formula is C13H22N2O. The number of pyridine rings is 1. The average molecular weight is 222 g/mol. The molecule has 1 unspecified atom stereocenters. The minimum absolute atomic E-state index is 0.699. The molecule has 1 aromatic rings. The first kappa shape index (κ1) is 13.0. The van der Waals surface area contributed by atoms with E-state index in [0.29, 0.717) is 6.61 Å². The third-order valence-corrected chi connectivity index (χ3v) is 2.46. The Morgan fingerprint density at radius 3 is 3.06 bits per heavy atom. The Bertz CT molecular complexity index is 264. The Morgan fingerprint density at radius 2 is 2.38 bits per heavy atom. The van der Waals surface area contributed by atoms with Crippen molar-refractivity contribution in [3.05, 3.63) is 24.5 Å². The maximum Gasteiger partial charge on any atom is 0.137 e. The van der Waals surface area contributed by atoms with Crippen LogP contribution >= 0.6 is 0 Å². The Morgan fingerprint density at radius 1 is 1.50 bits per heavy atom. The van der Waals surface area contributed by atoms with Gasteiger partial charge in [0.05, 0.1) is 6.20 Å². The number of aromatic nitrogens is 1. The van der Waals surface area contributed by atoms with E-state index in [1.165, 1.54) is 12.8 Å². The lowest BCUT2D eigenvalue weighted by molar-refractivity contribution is 0.307. The maximum absolute atomic E-state index is 5.52. The predicted molar refractivity (Wildman–Crippen MR) is 66.7 cm³/mol. The van der Waals surface area contributed by atoms with Gasteiger partial charge in [0.1, 0.15) is 12.4 Å². The van der Waals surface area contributed by atoms with Crippen LogP contribution in [0.4, 0.5) is 0 Å². The lowest BCUT2D eigenvalue weighted by atomic mass is 10.1. The minimum atomic E-state index is 0.699. The maximum atomic E-state index is 5.52. The molecule has 1 N–H and O–H groups in total. The predicted octanol–water partition coefficient (Wildman–Crippen LogP) is 2.49. The van der Waals surface area contributed by atoms with Crippen LogP contribution in [0.3, 0.4) is 0 Å². The zero-order chi connectivity index (χ0) is 11.6. The highest BCUT2D eigenvalue weighted by Crippen LogP contribution is 2.05. The fraction of sp³-hybridized carbons (Fsp3) is 0.615. The lowest BCUT2D eigenvalue weighted by Crippen LogP contribution is -2.26. The summed E-state index contributed by atoms with van der Waals surface area (Å²) in [5, 5.41) is 3.39. The summed E-state index contributed by atoms with van der Waals surface area (Å²) in [6.07, 6.45) is 6.03. The summed E-state index contributed by atoms with van der Waals surface area (Å²) in [5.74, 6) is 1.59. The van der Waals surface area contributed by atoms with Crippen molar-refractivity contribution in [3.63, 3.8) is 0 Å². The van der Waals surface area contributed by atoms with Gasteiger partial charge in [0, 0.05) is 12.7 Å². The highest BCUT2D eigenvalue weighted by molar-refractivity contribution is 5.15. The summed E-state index contributed by atoms with van der Waals surface area (Å²) in [6.45, 7) is 7.16. The SMILES string of the molecule is CCCC(C)CNCCOc1cccnc1. The topological polar surface area (TPSA) is 34.1 Å². The molecule has 3 heteroatoms. The van der Waals surface area contributed by atoms with E-state index >= 15 is 0 Å². The van der Waals surface area contributed by atoms with Crippen molar-refractivity contribution >= 4 is 0 Å². The van der Waals surface area contributed by atoms with Crippen molar-refractivity contribution < 1.29 is 4.74 Å². The zero-order valence-corrected chi connectivity index (χ0v) is 10.3. The van der Waals surface area contributed by atoms with E-state index in [4.69, 9.17) is 4.74 Å². The van der Waals surface area contributed by atoms with Crippen LogP contribution in [0.1, 0.15) is 26.7 Å². The van der Waals surface area contributed by atoms with Crippen molar-refractivity contribution in [1.29, 1.82) is 0 Å². The van der Waals surface area contributed by atoms with E-state index < -0.39 is 0 Å². The monoisotopic (exact) mass is 222 g/mol. The van der Waals surface area contributed by atoms with Crippen molar-refractivity contribution in [2.24, 2.45) is 5.92 Å². The molecule has 1 heterocycles. The van der Waals surface area contributed by atoms with Gasteiger partial charge in [0.15, 0.2) is 0 Å².